The van der Waals surface area contributed by atoms with Gasteiger partial charge in [0.25, 0.3) is 5.91 Å². The molecule has 0 aromatic carbocycles. The summed E-state index contributed by atoms with van der Waals surface area (Å²) in [7, 11) is 1.93. The molecule has 2 fully saturated rings. The molecule has 0 aromatic heterocycles. The molecule has 1 unspecified atom stereocenters. The maximum atomic E-state index is 12.2. The lowest BCUT2D eigenvalue weighted by molar-refractivity contribution is -0.146. The van der Waals surface area contributed by atoms with Gasteiger partial charge in [0.15, 0.2) is 0 Å². The number of nitrogens with zero attached hydrogens (tertiary/aromatic N) is 1. The van der Waals surface area contributed by atoms with Crippen LogP contribution in [0.25, 0.3) is 0 Å². The Morgan fingerprint density at radius 3 is 2.50 bits per heavy atom. The standard InChI is InChI=1S/C13H24N2O2.ClH/c1-10-3-5-11(6-4-10)15(2)13(16)12-9-14-7-8-17-12;/h10-12,14H,3-9H2,1-2H3;1H. The van der Waals surface area contributed by atoms with E-state index in [-0.39, 0.29) is 24.4 Å². The van der Waals surface area contributed by atoms with Gasteiger partial charge in [0.2, 0.25) is 0 Å². The van der Waals surface area contributed by atoms with Crippen LogP contribution in [0.15, 0.2) is 0 Å². The minimum absolute atomic E-state index is 0. The molecule has 18 heavy (non-hydrogen) atoms. The Balaban J connectivity index is 0.00000162. The maximum Gasteiger partial charge on any atom is 0.253 e. The van der Waals surface area contributed by atoms with Crippen molar-refractivity contribution in [1.29, 1.82) is 0 Å². The average Bonchev–Trinajstić information content (AvgIpc) is 2.39. The van der Waals surface area contributed by atoms with Gasteiger partial charge < -0.3 is 15.0 Å². The van der Waals surface area contributed by atoms with Crippen LogP contribution in [0.5, 0.6) is 0 Å². The minimum atomic E-state index is -0.270. The van der Waals surface area contributed by atoms with Crippen LogP contribution in [-0.2, 0) is 9.53 Å². The number of amides is 1. The molecule has 1 aliphatic carbocycles. The van der Waals surface area contributed by atoms with Gasteiger partial charge in [-0.2, -0.15) is 0 Å². The molecule has 0 bridgehead atoms. The van der Waals surface area contributed by atoms with Crippen molar-refractivity contribution in [3.8, 4) is 0 Å². The van der Waals surface area contributed by atoms with E-state index < -0.39 is 0 Å². The number of nitrogens with one attached hydrogen (secondary N) is 1. The molecule has 1 atom stereocenters. The molecule has 0 spiro atoms. The summed E-state index contributed by atoms with van der Waals surface area (Å²) < 4.78 is 5.52. The highest BCUT2D eigenvalue weighted by Gasteiger charge is 2.30. The third-order valence-electron chi connectivity index (χ3n) is 4.08. The second kappa shape index (κ2) is 7.31. The molecule has 1 N–H and O–H groups in total. The molecule has 1 heterocycles. The second-order valence-corrected chi connectivity index (χ2v) is 5.43. The van der Waals surface area contributed by atoms with Crippen molar-refractivity contribution in [2.45, 2.75) is 44.8 Å². The van der Waals surface area contributed by atoms with Crippen LogP contribution in [0.1, 0.15) is 32.6 Å². The van der Waals surface area contributed by atoms with Gasteiger partial charge in [0.1, 0.15) is 6.10 Å². The normalized spacial score (nSPS) is 32.4. The molecule has 2 aliphatic rings. The Labute approximate surface area is 116 Å². The van der Waals surface area contributed by atoms with Gasteiger partial charge in [0, 0.05) is 26.2 Å². The lowest BCUT2D eigenvalue weighted by atomic mass is 9.86. The largest absolute Gasteiger partial charge is 0.366 e. The Hall–Kier alpha value is -0.320. The fourth-order valence-electron chi connectivity index (χ4n) is 2.76. The summed E-state index contributed by atoms with van der Waals surface area (Å²) in [6, 6.07) is 0.421. The van der Waals surface area contributed by atoms with Crippen LogP contribution >= 0.6 is 12.4 Å². The minimum Gasteiger partial charge on any atom is -0.366 e. The highest BCUT2D eigenvalue weighted by molar-refractivity contribution is 5.85. The van der Waals surface area contributed by atoms with E-state index in [0.717, 1.165) is 25.3 Å². The molecule has 2 rings (SSSR count). The van der Waals surface area contributed by atoms with Gasteiger partial charge >= 0.3 is 0 Å². The average molecular weight is 277 g/mol. The first kappa shape index (κ1) is 15.7. The van der Waals surface area contributed by atoms with Gasteiger partial charge in [-0.25, -0.2) is 0 Å². The number of likely N-dealkylation sites (N-methyl/N-ethyl adjacent to an activating group) is 1. The van der Waals surface area contributed by atoms with Crippen LogP contribution in [0.2, 0.25) is 0 Å². The van der Waals surface area contributed by atoms with Crippen LogP contribution in [-0.4, -0.2) is 49.7 Å². The molecule has 0 radical (unpaired) electrons. The molecular formula is C13H25ClN2O2. The fourth-order valence-corrected chi connectivity index (χ4v) is 2.76. The molecule has 0 aromatic rings. The summed E-state index contributed by atoms with van der Waals surface area (Å²) >= 11 is 0. The van der Waals surface area contributed by atoms with Crippen molar-refractivity contribution < 1.29 is 9.53 Å². The Morgan fingerprint density at radius 1 is 1.28 bits per heavy atom. The predicted octanol–water partition coefficient (Wildman–Crippen LogP) is 1.43. The van der Waals surface area contributed by atoms with Crippen LogP contribution < -0.4 is 5.32 Å². The summed E-state index contributed by atoms with van der Waals surface area (Å²) in [4.78, 5) is 14.2. The van der Waals surface area contributed by atoms with E-state index in [9.17, 15) is 4.79 Å². The number of hydrogen-bond acceptors (Lipinski definition) is 3. The van der Waals surface area contributed by atoms with Crippen molar-refractivity contribution in [1.82, 2.24) is 10.2 Å². The Morgan fingerprint density at radius 2 is 1.94 bits per heavy atom. The summed E-state index contributed by atoms with van der Waals surface area (Å²) in [5.41, 5.74) is 0. The molecule has 106 valence electrons. The monoisotopic (exact) mass is 276 g/mol. The molecular weight excluding hydrogens is 252 g/mol. The van der Waals surface area contributed by atoms with E-state index >= 15 is 0 Å². The fraction of sp³-hybridized carbons (Fsp3) is 0.923. The molecule has 5 heteroatoms. The zero-order chi connectivity index (χ0) is 12.3. The van der Waals surface area contributed by atoms with E-state index in [4.69, 9.17) is 4.74 Å². The predicted molar refractivity (Wildman–Crippen MR) is 74.0 cm³/mol. The maximum absolute atomic E-state index is 12.2. The Kier molecular flexibility index (Phi) is 6.39. The van der Waals surface area contributed by atoms with Gasteiger partial charge in [-0.05, 0) is 31.6 Å². The second-order valence-electron chi connectivity index (χ2n) is 5.43. The molecule has 1 saturated heterocycles. The van der Waals surface area contributed by atoms with Crippen molar-refractivity contribution >= 4 is 18.3 Å². The van der Waals surface area contributed by atoms with E-state index in [1.807, 2.05) is 11.9 Å². The highest BCUT2D eigenvalue weighted by atomic mass is 35.5. The lowest BCUT2D eigenvalue weighted by Gasteiger charge is -2.36. The van der Waals surface area contributed by atoms with Gasteiger partial charge in [0.05, 0.1) is 6.61 Å². The van der Waals surface area contributed by atoms with Crippen LogP contribution in [0, 0.1) is 5.92 Å². The third kappa shape index (κ3) is 3.84. The molecule has 1 saturated carbocycles. The van der Waals surface area contributed by atoms with E-state index in [2.05, 4.69) is 12.2 Å². The van der Waals surface area contributed by atoms with Crippen LogP contribution in [0.4, 0.5) is 0 Å². The smallest absolute Gasteiger partial charge is 0.253 e. The lowest BCUT2D eigenvalue weighted by Crippen LogP contribution is -2.51. The third-order valence-corrected chi connectivity index (χ3v) is 4.08. The number of carbonyl (C=O) groups excluding carboxylic acids is 1. The number of ether oxygens (including phenoxy) is 1. The SMILES string of the molecule is CC1CCC(N(C)C(=O)C2CNCCO2)CC1.Cl. The van der Waals surface area contributed by atoms with Gasteiger partial charge in [-0.15, -0.1) is 12.4 Å². The first-order valence-corrected chi connectivity index (χ1v) is 6.77. The number of morpholine rings is 1. The van der Waals surface area contributed by atoms with E-state index in [0.29, 0.717) is 19.2 Å². The first-order valence-electron chi connectivity index (χ1n) is 6.77. The quantitative estimate of drug-likeness (QED) is 0.830. The zero-order valence-electron chi connectivity index (χ0n) is 11.4. The number of carbonyl (C=O) groups is 1. The summed E-state index contributed by atoms with van der Waals surface area (Å²) in [6.45, 7) is 4.46. The summed E-state index contributed by atoms with van der Waals surface area (Å²) in [6.07, 6.45) is 4.50. The van der Waals surface area contributed by atoms with Gasteiger partial charge in [-0.3, -0.25) is 4.79 Å². The Bertz CT molecular complexity index is 262. The van der Waals surface area contributed by atoms with E-state index in [1.165, 1.54) is 12.8 Å². The molecule has 1 amide bonds. The number of rotatable bonds is 2. The topological polar surface area (TPSA) is 41.6 Å². The van der Waals surface area contributed by atoms with Crippen molar-refractivity contribution in [2.75, 3.05) is 26.7 Å². The summed E-state index contributed by atoms with van der Waals surface area (Å²) in [5.74, 6) is 0.971. The first-order chi connectivity index (χ1) is 8.18. The molecule has 1 aliphatic heterocycles. The number of halogens is 1. The van der Waals surface area contributed by atoms with Crippen LogP contribution in [0.3, 0.4) is 0 Å². The van der Waals surface area contributed by atoms with Crippen molar-refractivity contribution in [3.05, 3.63) is 0 Å². The van der Waals surface area contributed by atoms with Gasteiger partial charge in [-0.1, -0.05) is 6.92 Å². The van der Waals surface area contributed by atoms with Crippen molar-refractivity contribution in [2.24, 2.45) is 5.92 Å². The summed E-state index contributed by atoms with van der Waals surface area (Å²) in [5, 5.41) is 3.21. The van der Waals surface area contributed by atoms with E-state index in [1.54, 1.807) is 0 Å². The highest BCUT2D eigenvalue weighted by Crippen LogP contribution is 2.26. The molecule has 4 nitrogen and oxygen atoms in total. The van der Waals surface area contributed by atoms with Crippen molar-refractivity contribution in [3.63, 3.8) is 0 Å². The zero-order valence-corrected chi connectivity index (χ0v) is 12.2. The number of hydrogen-bond donors (Lipinski definition) is 1.